The second-order valence-electron chi connectivity index (χ2n) is 5.35. The molecule has 2 rings (SSSR count). The quantitative estimate of drug-likeness (QED) is 0.647. The van der Waals surface area contributed by atoms with Crippen LogP contribution in [0, 0.1) is 11.8 Å². The number of ether oxygens (including phenoxy) is 1. The Balaban J connectivity index is 2.10. The molecule has 0 radical (unpaired) electrons. The Morgan fingerprint density at radius 3 is 2.64 bits per heavy atom. The van der Waals surface area contributed by atoms with Crippen molar-refractivity contribution in [2.24, 2.45) is 11.8 Å². The Morgan fingerprint density at radius 1 is 1.14 bits per heavy atom. The minimum Gasteiger partial charge on any atom is -0.393 e. The molecule has 1 aliphatic heterocycles. The van der Waals surface area contributed by atoms with Crippen molar-refractivity contribution in [3.8, 4) is 0 Å². The highest BCUT2D eigenvalue weighted by atomic mass is 16.5. The van der Waals surface area contributed by atoms with E-state index in [9.17, 15) is 5.11 Å². The lowest BCUT2D eigenvalue weighted by molar-refractivity contribution is -0.168. The fourth-order valence-electron chi connectivity index (χ4n) is 3.13. The van der Waals surface area contributed by atoms with Crippen LogP contribution in [0.3, 0.4) is 0 Å². The maximum atomic E-state index is 9.75. The van der Waals surface area contributed by atoms with Crippen LogP contribution in [0.5, 0.6) is 0 Å². The molecule has 1 saturated heterocycles. The van der Waals surface area contributed by atoms with E-state index in [0.29, 0.717) is 5.92 Å². The average Bonchev–Trinajstić information content (AvgIpc) is 2.12. The van der Waals surface area contributed by atoms with Crippen LogP contribution in [0.25, 0.3) is 0 Å². The normalized spacial score (nSPS) is 49.5. The topological polar surface area (TPSA) is 29.5 Å². The molecular formula is C12H22O2. The lowest BCUT2D eigenvalue weighted by atomic mass is 9.68. The Labute approximate surface area is 86.6 Å². The van der Waals surface area contributed by atoms with Gasteiger partial charge in [0.05, 0.1) is 11.7 Å². The van der Waals surface area contributed by atoms with E-state index < -0.39 is 0 Å². The fraction of sp³-hybridized carbons (Fsp3) is 1.00. The summed E-state index contributed by atoms with van der Waals surface area (Å²) in [7, 11) is 0. The van der Waals surface area contributed by atoms with Gasteiger partial charge in [0, 0.05) is 13.0 Å². The highest BCUT2D eigenvalue weighted by molar-refractivity contribution is 4.95. The van der Waals surface area contributed by atoms with Crippen molar-refractivity contribution < 1.29 is 9.84 Å². The van der Waals surface area contributed by atoms with Crippen molar-refractivity contribution in [3.63, 3.8) is 0 Å². The van der Waals surface area contributed by atoms with Crippen LogP contribution >= 0.6 is 0 Å². The number of hydrogen-bond acceptors (Lipinski definition) is 2. The summed E-state index contributed by atoms with van der Waals surface area (Å²) in [6.07, 6.45) is 5.28. The summed E-state index contributed by atoms with van der Waals surface area (Å²) in [6.45, 7) is 5.33. The molecule has 4 unspecified atom stereocenters. The molecule has 2 heteroatoms. The Hall–Kier alpha value is -0.0800. The third-order valence-corrected chi connectivity index (χ3v) is 4.11. The third-order valence-electron chi connectivity index (χ3n) is 4.11. The molecule has 1 saturated carbocycles. The lowest BCUT2D eigenvalue weighted by Crippen LogP contribution is -2.50. The van der Waals surface area contributed by atoms with Gasteiger partial charge in [0.15, 0.2) is 0 Å². The predicted octanol–water partition coefficient (Wildman–Crippen LogP) is 2.35. The smallest absolute Gasteiger partial charge is 0.0735 e. The molecule has 82 valence electrons. The predicted molar refractivity (Wildman–Crippen MR) is 56.1 cm³/mol. The van der Waals surface area contributed by atoms with E-state index in [1.54, 1.807) is 0 Å². The van der Waals surface area contributed by atoms with Crippen molar-refractivity contribution in [2.75, 3.05) is 6.61 Å². The van der Waals surface area contributed by atoms with Crippen LogP contribution in [0.15, 0.2) is 0 Å². The van der Waals surface area contributed by atoms with Gasteiger partial charge in [0.1, 0.15) is 0 Å². The summed E-state index contributed by atoms with van der Waals surface area (Å²) < 4.78 is 6.00. The van der Waals surface area contributed by atoms with E-state index in [-0.39, 0.29) is 11.7 Å². The van der Waals surface area contributed by atoms with Gasteiger partial charge in [-0.25, -0.2) is 0 Å². The summed E-state index contributed by atoms with van der Waals surface area (Å²) in [6, 6.07) is 0. The SMILES string of the molecule is CC1CCC(C)C2(C1)CC(O)CCO2. The van der Waals surface area contributed by atoms with Gasteiger partial charge in [-0.2, -0.15) is 0 Å². The molecule has 1 heterocycles. The molecule has 2 aliphatic rings. The van der Waals surface area contributed by atoms with Crippen LogP contribution in [0.4, 0.5) is 0 Å². The van der Waals surface area contributed by atoms with Crippen molar-refractivity contribution in [2.45, 2.75) is 57.7 Å². The summed E-state index contributed by atoms with van der Waals surface area (Å²) in [5.41, 5.74) is 0.00926. The molecule has 0 aromatic heterocycles. The van der Waals surface area contributed by atoms with E-state index in [4.69, 9.17) is 4.74 Å². The highest BCUT2D eigenvalue weighted by Crippen LogP contribution is 2.44. The van der Waals surface area contributed by atoms with E-state index in [2.05, 4.69) is 13.8 Å². The van der Waals surface area contributed by atoms with Crippen LogP contribution in [-0.4, -0.2) is 23.4 Å². The first-order valence-electron chi connectivity index (χ1n) is 5.94. The van der Waals surface area contributed by atoms with E-state index >= 15 is 0 Å². The third kappa shape index (κ3) is 1.82. The first kappa shape index (κ1) is 10.4. The Bertz CT molecular complexity index is 196. The number of aliphatic hydroxyl groups is 1. The van der Waals surface area contributed by atoms with Crippen LogP contribution in [0.2, 0.25) is 0 Å². The zero-order chi connectivity index (χ0) is 10.2. The monoisotopic (exact) mass is 198 g/mol. The minimum absolute atomic E-state index is 0.00926. The molecule has 2 fully saturated rings. The molecule has 4 atom stereocenters. The molecular weight excluding hydrogens is 176 g/mol. The summed E-state index contributed by atoms with van der Waals surface area (Å²) in [5.74, 6) is 1.38. The number of hydrogen-bond donors (Lipinski definition) is 1. The standard InChI is InChI=1S/C12H22O2/c1-9-3-4-10(2)12(7-9)8-11(13)5-6-14-12/h9-11,13H,3-8H2,1-2H3. The maximum Gasteiger partial charge on any atom is 0.0735 e. The van der Waals surface area contributed by atoms with E-state index in [1.165, 1.54) is 12.8 Å². The number of rotatable bonds is 0. The molecule has 0 aromatic rings. The van der Waals surface area contributed by atoms with Gasteiger partial charge in [-0.3, -0.25) is 0 Å². The van der Waals surface area contributed by atoms with Crippen molar-refractivity contribution >= 4 is 0 Å². The molecule has 0 amide bonds. The summed E-state index contributed by atoms with van der Waals surface area (Å²) in [4.78, 5) is 0. The maximum absolute atomic E-state index is 9.75. The fourth-order valence-corrected chi connectivity index (χ4v) is 3.13. The summed E-state index contributed by atoms with van der Waals surface area (Å²) >= 11 is 0. The molecule has 1 spiro atoms. The van der Waals surface area contributed by atoms with Crippen LogP contribution in [-0.2, 0) is 4.74 Å². The van der Waals surface area contributed by atoms with Crippen LogP contribution < -0.4 is 0 Å². The lowest BCUT2D eigenvalue weighted by Gasteiger charge is -2.48. The molecule has 1 aliphatic carbocycles. The van der Waals surface area contributed by atoms with E-state index in [0.717, 1.165) is 31.8 Å². The Morgan fingerprint density at radius 2 is 1.93 bits per heavy atom. The van der Waals surface area contributed by atoms with Crippen molar-refractivity contribution in [3.05, 3.63) is 0 Å². The zero-order valence-electron chi connectivity index (χ0n) is 9.33. The van der Waals surface area contributed by atoms with Gasteiger partial charge >= 0.3 is 0 Å². The van der Waals surface area contributed by atoms with Gasteiger partial charge in [0.25, 0.3) is 0 Å². The zero-order valence-corrected chi connectivity index (χ0v) is 9.33. The second-order valence-corrected chi connectivity index (χ2v) is 5.35. The first-order valence-corrected chi connectivity index (χ1v) is 5.94. The molecule has 0 aromatic carbocycles. The average molecular weight is 198 g/mol. The molecule has 1 N–H and O–H groups in total. The molecule has 2 nitrogen and oxygen atoms in total. The van der Waals surface area contributed by atoms with Gasteiger partial charge in [0.2, 0.25) is 0 Å². The van der Waals surface area contributed by atoms with Gasteiger partial charge in [-0.1, -0.05) is 20.3 Å². The van der Waals surface area contributed by atoms with Gasteiger partial charge < -0.3 is 9.84 Å². The highest BCUT2D eigenvalue weighted by Gasteiger charge is 2.44. The number of aliphatic hydroxyl groups excluding tert-OH is 1. The van der Waals surface area contributed by atoms with E-state index in [1.807, 2.05) is 0 Å². The first-order chi connectivity index (χ1) is 6.62. The molecule has 14 heavy (non-hydrogen) atoms. The Kier molecular flexibility index (Phi) is 2.85. The minimum atomic E-state index is -0.128. The van der Waals surface area contributed by atoms with Crippen molar-refractivity contribution in [1.82, 2.24) is 0 Å². The van der Waals surface area contributed by atoms with Gasteiger partial charge in [-0.05, 0) is 31.1 Å². The largest absolute Gasteiger partial charge is 0.393 e. The van der Waals surface area contributed by atoms with Crippen LogP contribution in [0.1, 0.15) is 46.0 Å². The summed E-state index contributed by atoms with van der Waals surface area (Å²) in [5, 5.41) is 9.75. The van der Waals surface area contributed by atoms with Crippen molar-refractivity contribution in [1.29, 1.82) is 0 Å². The molecule has 0 bridgehead atoms. The van der Waals surface area contributed by atoms with Gasteiger partial charge in [-0.15, -0.1) is 0 Å². The second kappa shape index (κ2) is 3.82.